The van der Waals surface area contributed by atoms with Gasteiger partial charge in [0, 0.05) is 29.7 Å². The third kappa shape index (κ3) is 6.72. The van der Waals surface area contributed by atoms with Crippen molar-refractivity contribution in [2.45, 2.75) is 48.5 Å². The molecule has 0 aromatic heterocycles. The van der Waals surface area contributed by atoms with Gasteiger partial charge in [0.2, 0.25) is 5.91 Å². The van der Waals surface area contributed by atoms with Crippen molar-refractivity contribution in [3.8, 4) is 0 Å². The van der Waals surface area contributed by atoms with Crippen LogP contribution in [0.3, 0.4) is 0 Å². The Morgan fingerprint density at radius 2 is 1.53 bits per heavy atom. The highest BCUT2D eigenvalue weighted by molar-refractivity contribution is 7.99. The lowest BCUT2D eigenvalue weighted by Gasteiger charge is -2.24. The van der Waals surface area contributed by atoms with Crippen LogP contribution in [0.25, 0.3) is 0 Å². The summed E-state index contributed by atoms with van der Waals surface area (Å²) in [5.74, 6) is 0.257. The Balaban J connectivity index is 1.33. The van der Waals surface area contributed by atoms with Gasteiger partial charge in [-0.25, -0.2) is 0 Å². The van der Waals surface area contributed by atoms with E-state index in [0.29, 0.717) is 18.3 Å². The van der Waals surface area contributed by atoms with Crippen molar-refractivity contribution in [1.82, 2.24) is 4.90 Å². The van der Waals surface area contributed by atoms with E-state index in [2.05, 4.69) is 66.7 Å². The van der Waals surface area contributed by atoms with Crippen LogP contribution in [0.1, 0.15) is 42.1 Å². The van der Waals surface area contributed by atoms with Crippen LogP contribution in [0, 0.1) is 0 Å². The predicted octanol–water partition coefficient (Wildman–Crippen LogP) is 6.51. The first-order valence-corrected chi connectivity index (χ1v) is 12.4. The molecule has 3 aromatic rings. The molecule has 0 radical (unpaired) electrons. The Bertz CT molecular complexity index is 949. The first-order valence-electron chi connectivity index (χ1n) is 11.5. The number of carbonyl (C=O) groups excluding carboxylic acids is 1. The summed E-state index contributed by atoms with van der Waals surface area (Å²) in [6.07, 6.45) is 3.36. The summed E-state index contributed by atoms with van der Waals surface area (Å²) in [5.41, 5.74) is 2.50. The second kappa shape index (κ2) is 11.9. The normalized spacial score (nSPS) is 17.7. The van der Waals surface area contributed by atoms with Crippen molar-refractivity contribution >= 4 is 17.7 Å². The number of carbonyl (C=O) groups is 1. The van der Waals surface area contributed by atoms with E-state index in [1.165, 1.54) is 16.0 Å². The number of likely N-dealkylation sites (tertiary alicyclic amines) is 1. The highest BCUT2D eigenvalue weighted by Crippen LogP contribution is 2.38. The third-order valence-corrected chi connectivity index (χ3v) is 7.27. The van der Waals surface area contributed by atoms with Gasteiger partial charge in [-0.2, -0.15) is 0 Å². The molecule has 1 amide bonds. The molecule has 3 nitrogen and oxygen atoms in total. The van der Waals surface area contributed by atoms with E-state index in [-0.39, 0.29) is 12.0 Å². The molecule has 0 spiro atoms. The smallest absolute Gasteiger partial charge is 0.222 e. The Labute approximate surface area is 195 Å². The molecule has 4 rings (SSSR count). The molecule has 0 N–H and O–H groups in total. The van der Waals surface area contributed by atoms with Gasteiger partial charge in [-0.1, -0.05) is 78.9 Å². The molecule has 4 heteroatoms. The Kier molecular flexibility index (Phi) is 8.41. The molecule has 1 heterocycles. The number of hydrogen-bond donors (Lipinski definition) is 0. The van der Waals surface area contributed by atoms with Gasteiger partial charge in [0.1, 0.15) is 0 Å². The van der Waals surface area contributed by atoms with Crippen LogP contribution >= 0.6 is 11.8 Å². The molecular formula is C28H31NO2S. The van der Waals surface area contributed by atoms with Gasteiger partial charge in [-0.05, 0) is 42.5 Å². The monoisotopic (exact) mass is 445 g/mol. The summed E-state index contributed by atoms with van der Waals surface area (Å²) < 4.78 is 6.14. The molecule has 1 saturated heterocycles. The minimum atomic E-state index is 0.146. The fourth-order valence-corrected chi connectivity index (χ4v) is 5.26. The highest BCUT2D eigenvalue weighted by atomic mass is 32.2. The predicted molar refractivity (Wildman–Crippen MR) is 132 cm³/mol. The van der Waals surface area contributed by atoms with Gasteiger partial charge in [0.05, 0.1) is 12.7 Å². The number of nitrogens with zero attached hydrogens (tertiary/aromatic N) is 1. The van der Waals surface area contributed by atoms with Gasteiger partial charge >= 0.3 is 0 Å². The minimum Gasteiger partial charge on any atom is -0.373 e. The zero-order valence-corrected chi connectivity index (χ0v) is 19.3. The number of hydrogen-bond acceptors (Lipinski definition) is 3. The molecule has 2 atom stereocenters. The second-order valence-electron chi connectivity index (χ2n) is 8.25. The molecule has 32 heavy (non-hydrogen) atoms. The number of benzene rings is 3. The summed E-state index contributed by atoms with van der Waals surface area (Å²) in [6, 6.07) is 31.4. The van der Waals surface area contributed by atoms with Crippen molar-refractivity contribution < 1.29 is 9.53 Å². The van der Waals surface area contributed by atoms with E-state index in [9.17, 15) is 4.79 Å². The SMILES string of the molecule is O=C1CCC(OCc2ccccc2)CCN1CCC(Sc1ccccc1)c1ccccc1. The quantitative estimate of drug-likeness (QED) is 0.352. The second-order valence-corrected chi connectivity index (χ2v) is 9.52. The zero-order chi connectivity index (χ0) is 22.0. The lowest BCUT2D eigenvalue weighted by Crippen LogP contribution is -2.32. The van der Waals surface area contributed by atoms with Gasteiger partial charge < -0.3 is 9.64 Å². The van der Waals surface area contributed by atoms with Gasteiger partial charge in [-0.15, -0.1) is 11.8 Å². The van der Waals surface area contributed by atoms with Crippen LogP contribution in [0.2, 0.25) is 0 Å². The number of ether oxygens (including phenoxy) is 1. The molecule has 1 fully saturated rings. The van der Waals surface area contributed by atoms with Crippen molar-refractivity contribution in [1.29, 1.82) is 0 Å². The summed E-state index contributed by atoms with van der Waals surface area (Å²) in [4.78, 5) is 16.1. The molecule has 1 aliphatic rings. The molecule has 0 aliphatic carbocycles. The number of thioether (sulfide) groups is 1. The zero-order valence-electron chi connectivity index (χ0n) is 18.4. The van der Waals surface area contributed by atoms with E-state index in [1.807, 2.05) is 40.9 Å². The number of amides is 1. The van der Waals surface area contributed by atoms with Crippen LogP contribution in [0.5, 0.6) is 0 Å². The molecule has 3 aromatic carbocycles. The van der Waals surface area contributed by atoms with Crippen molar-refractivity contribution in [3.63, 3.8) is 0 Å². The lowest BCUT2D eigenvalue weighted by molar-refractivity contribution is -0.130. The minimum absolute atomic E-state index is 0.146. The highest BCUT2D eigenvalue weighted by Gasteiger charge is 2.24. The molecular weight excluding hydrogens is 414 g/mol. The van der Waals surface area contributed by atoms with Gasteiger partial charge in [0.15, 0.2) is 0 Å². The fourth-order valence-electron chi connectivity index (χ4n) is 4.10. The molecule has 1 aliphatic heterocycles. The van der Waals surface area contributed by atoms with E-state index < -0.39 is 0 Å². The van der Waals surface area contributed by atoms with Crippen LogP contribution in [0.15, 0.2) is 95.9 Å². The van der Waals surface area contributed by atoms with Crippen LogP contribution in [0.4, 0.5) is 0 Å². The molecule has 2 unspecified atom stereocenters. The van der Waals surface area contributed by atoms with Crippen molar-refractivity contribution in [2.24, 2.45) is 0 Å². The standard InChI is InChI=1S/C28H31NO2S/c30-28-17-16-25(31-22-23-10-4-1-5-11-23)18-20-29(28)21-19-27(24-12-6-2-7-13-24)32-26-14-8-3-9-15-26/h1-15,25,27H,16-22H2. The summed E-state index contributed by atoms with van der Waals surface area (Å²) >= 11 is 1.88. The van der Waals surface area contributed by atoms with Crippen molar-refractivity contribution in [2.75, 3.05) is 13.1 Å². The van der Waals surface area contributed by atoms with Crippen LogP contribution in [-0.2, 0) is 16.1 Å². The largest absolute Gasteiger partial charge is 0.373 e. The first-order chi connectivity index (χ1) is 15.8. The molecule has 0 bridgehead atoms. The van der Waals surface area contributed by atoms with Gasteiger partial charge in [-0.3, -0.25) is 4.79 Å². The summed E-state index contributed by atoms with van der Waals surface area (Å²) in [5, 5.41) is 0.319. The average Bonchev–Trinajstić information content (AvgIpc) is 3.03. The topological polar surface area (TPSA) is 29.5 Å². The van der Waals surface area contributed by atoms with E-state index in [0.717, 1.165) is 32.4 Å². The molecule has 0 saturated carbocycles. The van der Waals surface area contributed by atoms with E-state index in [1.54, 1.807) is 0 Å². The fraction of sp³-hybridized carbons (Fsp3) is 0.321. The first kappa shape index (κ1) is 22.6. The van der Waals surface area contributed by atoms with Crippen LogP contribution in [-0.4, -0.2) is 30.0 Å². The van der Waals surface area contributed by atoms with E-state index >= 15 is 0 Å². The van der Waals surface area contributed by atoms with E-state index in [4.69, 9.17) is 4.74 Å². The maximum absolute atomic E-state index is 12.8. The maximum Gasteiger partial charge on any atom is 0.222 e. The Morgan fingerprint density at radius 3 is 2.25 bits per heavy atom. The third-order valence-electron chi connectivity index (χ3n) is 5.94. The summed E-state index contributed by atoms with van der Waals surface area (Å²) in [6.45, 7) is 2.17. The maximum atomic E-state index is 12.8. The van der Waals surface area contributed by atoms with Gasteiger partial charge in [0.25, 0.3) is 0 Å². The van der Waals surface area contributed by atoms with Crippen molar-refractivity contribution in [3.05, 3.63) is 102 Å². The Hall–Kier alpha value is -2.56. The van der Waals surface area contributed by atoms with Crippen LogP contribution < -0.4 is 0 Å². The Morgan fingerprint density at radius 1 is 0.875 bits per heavy atom. The average molecular weight is 446 g/mol. The number of rotatable bonds is 9. The summed E-state index contributed by atoms with van der Waals surface area (Å²) in [7, 11) is 0. The lowest BCUT2D eigenvalue weighted by atomic mass is 10.1. The molecule has 166 valence electrons.